The number of hydrogen-bond donors (Lipinski definition) is 1. The molecular formula is C22H42O6Si3. The Morgan fingerprint density at radius 3 is 1.71 bits per heavy atom. The van der Waals surface area contributed by atoms with E-state index in [4.69, 9.17) is 22.8 Å². The van der Waals surface area contributed by atoms with Gasteiger partial charge in [-0.15, -0.1) is 0 Å². The first-order valence-corrected chi connectivity index (χ1v) is 21.4. The standard InChI is InChI=1S/C22H42O6Si3/c1-29(2,3)26-19-18(15-23)25-22(24-16-17-13-11-10-12-14-17)21(28-31(7,8)9)20(19)27-30(4,5)6/h10-14,18-23H,15-16H2,1-9H3. The molecule has 1 saturated heterocycles. The fraction of sp³-hybridized carbons (Fsp3) is 0.727. The molecule has 1 aliphatic rings. The van der Waals surface area contributed by atoms with Gasteiger partial charge in [0.2, 0.25) is 0 Å². The van der Waals surface area contributed by atoms with Crippen molar-refractivity contribution in [1.82, 2.24) is 0 Å². The fourth-order valence-corrected chi connectivity index (χ4v) is 6.79. The zero-order valence-electron chi connectivity index (χ0n) is 20.7. The molecule has 5 unspecified atom stereocenters. The highest BCUT2D eigenvalue weighted by Gasteiger charge is 2.51. The Bertz CT molecular complexity index is 669. The predicted octanol–water partition coefficient (Wildman–Crippen LogP) is 4.58. The van der Waals surface area contributed by atoms with Gasteiger partial charge in [0.1, 0.15) is 24.4 Å². The molecule has 0 aromatic heterocycles. The summed E-state index contributed by atoms with van der Waals surface area (Å²) in [5, 5.41) is 10.2. The molecule has 1 aliphatic heterocycles. The van der Waals surface area contributed by atoms with Gasteiger partial charge in [-0.1, -0.05) is 30.3 Å². The molecule has 0 aliphatic carbocycles. The Kier molecular flexibility index (Phi) is 9.28. The van der Waals surface area contributed by atoms with E-state index in [1.54, 1.807) is 0 Å². The zero-order valence-corrected chi connectivity index (χ0v) is 23.7. The highest BCUT2D eigenvalue weighted by atomic mass is 28.4. The molecule has 6 nitrogen and oxygen atoms in total. The molecule has 0 saturated carbocycles. The maximum atomic E-state index is 10.2. The molecule has 1 aromatic carbocycles. The lowest BCUT2D eigenvalue weighted by Gasteiger charge is -2.50. The second-order valence-corrected chi connectivity index (χ2v) is 24.5. The second kappa shape index (κ2) is 10.7. The third-order valence-corrected chi connectivity index (χ3v) is 7.43. The molecule has 178 valence electrons. The average molecular weight is 487 g/mol. The predicted molar refractivity (Wildman–Crippen MR) is 132 cm³/mol. The molecular weight excluding hydrogens is 444 g/mol. The maximum absolute atomic E-state index is 10.2. The summed E-state index contributed by atoms with van der Waals surface area (Å²) in [6.45, 7) is 19.6. The van der Waals surface area contributed by atoms with Gasteiger partial charge < -0.3 is 27.9 Å². The van der Waals surface area contributed by atoms with E-state index in [0.717, 1.165) is 5.56 Å². The number of benzene rings is 1. The first kappa shape index (κ1) is 26.9. The van der Waals surface area contributed by atoms with Crippen LogP contribution in [0.2, 0.25) is 58.9 Å². The number of rotatable bonds is 10. The largest absolute Gasteiger partial charge is 0.409 e. The summed E-state index contributed by atoms with van der Waals surface area (Å²) in [6.07, 6.45) is -2.37. The Labute approximate surface area is 191 Å². The molecule has 1 fully saturated rings. The lowest BCUT2D eigenvalue weighted by molar-refractivity contribution is -0.294. The SMILES string of the molecule is C[Si](C)(C)OC1C(CO)OC(OCc2ccccc2)C(O[Si](C)(C)C)C1O[Si](C)(C)C. The van der Waals surface area contributed by atoms with Crippen LogP contribution in [-0.4, -0.2) is 67.4 Å². The van der Waals surface area contributed by atoms with Crippen molar-refractivity contribution in [2.45, 2.75) is 96.2 Å². The Morgan fingerprint density at radius 1 is 0.742 bits per heavy atom. The number of ether oxygens (including phenoxy) is 2. The summed E-state index contributed by atoms with van der Waals surface area (Å²) < 4.78 is 32.3. The van der Waals surface area contributed by atoms with Crippen molar-refractivity contribution >= 4 is 25.0 Å². The van der Waals surface area contributed by atoms with Crippen molar-refractivity contribution in [3.8, 4) is 0 Å². The minimum Gasteiger partial charge on any atom is -0.409 e. The summed E-state index contributed by atoms with van der Waals surface area (Å²) >= 11 is 0. The van der Waals surface area contributed by atoms with E-state index < -0.39 is 49.6 Å². The molecule has 2 rings (SSSR count). The third kappa shape index (κ3) is 9.18. The highest BCUT2D eigenvalue weighted by Crippen LogP contribution is 2.34. The molecule has 1 aromatic rings. The first-order valence-electron chi connectivity index (χ1n) is 11.1. The highest BCUT2D eigenvalue weighted by molar-refractivity contribution is 6.70. The molecule has 0 bridgehead atoms. The average Bonchev–Trinajstić information content (AvgIpc) is 2.61. The van der Waals surface area contributed by atoms with Gasteiger partial charge in [0.05, 0.1) is 13.2 Å². The van der Waals surface area contributed by atoms with Crippen molar-refractivity contribution in [2.24, 2.45) is 0 Å². The molecule has 5 atom stereocenters. The number of hydrogen-bond acceptors (Lipinski definition) is 6. The molecule has 1 N–H and O–H groups in total. The van der Waals surface area contributed by atoms with Crippen LogP contribution in [0.15, 0.2) is 30.3 Å². The summed E-state index contributed by atoms with van der Waals surface area (Å²) in [4.78, 5) is 0. The summed E-state index contributed by atoms with van der Waals surface area (Å²) in [5.74, 6) is 0. The smallest absolute Gasteiger partial charge is 0.186 e. The van der Waals surface area contributed by atoms with Gasteiger partial charge in [-0.25, -0.2) is 0 Å². The monoisotopic (exact) mass is 486 g/mol. The van der Waals surface area contributed by atoms with Crippen molar-refractivity contribution in [3.05, 3.63) is 35.9 Å². The minimum absolute atomic E-state index is 0.161. The van der Waals surface area contributed by atoms with Crippen LogP contribution in [0.4, 0.5) is 0 Å². The summed E-state index contributed by atoms with van der Waals surface area (Å²) in [5.41, 5.74) is 1.06. The van der Waals surface area contributed by atoms with Gasteiger partial charge >= 0.3 is 0 Å². The second-order valence-electron chi connectivity index (χ2n) is 11.1. The third-order valence-electron chi connectivity index (χ3n) is 4.50. The molecule has 1 heterocycles. The Morgan fingerprint density at radius 2 is 1.23 bits per heavy atom. The van der Waals surface area contributed by atoms with Crippen LogP contribution in [0.25, 0.3) is 0 Å². The quantitative estimate of drug-likeness (QED) is 0.488. The van der Waals surface area contributed by atoms with Crippen LogP contribution in [0, 0.1) is 0 Å². The van der Waals surface area contributed by atoms with Gasteiger partial charge in [-0.3, -0.25) is 0 Å². The van der Waals surface area contributed by atoms with E-state index in [9.17, 15) is 5.11 Å². The lowest BCUT2D eigenvalue weighted by Crippen LogP contribution is -2.66. The van der Waals surface area contributed by atoms with Crippen molar-refractivity contribution < 1.29 is 27.9 Å². The van der Waals surface area contributed by atoms with Crippen LogP contribution in [0.1, 0.15) is 5.56 Å². The lowest BCUT2D eigenvalue weighted by atomic mass is 9.99. The van der Waals surface area contributed by atoms with Crippen LogP contribution in [-0.2, 0) is 29.4 Å². The summed E-state index contributed by atoms with van der Waals surface area (Å²) in [7, 11) is -5.87. The Hall–Kier alpha value is -0.369. The van der Waals surface area contributed by atoms with Crippen LogP contribution in [0.3, 0.4) is 0 Å². The topological polar surface area (TPSA) is 66.4 Å². The van der Waals surface area contributed by atoms with Crippen molar-refractivity contribution in [1.29, 1.82) is 0 Å². The van der Waals surface area contributed by atoms with Gasteiger partial charge in [-0.05, 0) is 64.5 Å². The van der Waals surface area contributed by atoms with Gasteiger partial charge in [-0.2, -0.15) is 0 Å². The molecule has 0 amide bonds. The zero-order chi connectivity index (χ0) is 23.4. The Balaban J connectivity index is 2.39. The van der Waals surface area contributed by atoms with Crippen molar-refractivity contribution in [3.63, 3.8) is 0 Å². The van der Waals surface area contributed by atoms with E-state index in [-0.39, 0.29) is 12.7 Å². The van der Waals surface area contributed by atoms with Gasteiger partial charge in [0.25, 0.3) is 0 Å². The molecule has 0 radical (unpaired) electrons. The van der Waals surface area contributed by atoms with E-state index in [1.807, 2.05) is 30.3 Å². The normalized spacial score (nSPS) is 28.0. The molecule has 31 heavy (non-hydrogen) atoms. The molecule has 0 spiro atoms. The summed E-state index contributed by atoms with van der Waals surface area (Å²) in [6, 6.07) is 10.0. The minimum atomic E-state index is -1.96. The first-order chi connectivity index (χ1) is 14.2. The van der Waals surface area contributed by atoms with E-state index in [0.29, 0.717) is 6.61 Å². The number of aliphatic hydroxyl groups is 1. The van der Waals surface area contributed by atoms with E-state index in [2.05, 4.69) is 58.9 Å². The van der Waals surface area contributed by atoms with Crippen LogP contribution < -0.4 is 0 Å². The molecule has 9 heteroatoms. The van der Waals surface area contributed by atoms with E-state index in [1.165, 1.54) is 0 Å². The van der Waals surface area contributed by atoms with Crippen LogP contribution >= 0.6 is 0 Å². The van der Waals surface area contributed by atoms with Gasteiger partial charge in [0, 0.05) is 0 Å². The fourth-order valence-electron chi connectivity index (χ4n) is 3.54. The maximum Gasteiger partial charge on any atom is 0.186 e. The number of aliphatic hydroxyl groups excluding tert-OH is 1. The van der Waals surface area contributed by atoms with Crippen LogP contribution in [0.5, 0.6) is 0 Å². The van der Waals surface area contributed by atoms with Gasteiger partial charge in [0.15, 0.2) is 31.2 Å². The van der Waals surface area contributed by atoms with Crippen molar-refractivity contribution in [2.75, 3.05) is 6.61 Å². The van der Waals surface area contributed by atoms with E-state index >= 15 is 0 Å².